The molecule has 132 valence electrons. The number of rotatable bonds is 4. The van der Waals surface area contributed by atoms with Crippen LogP contribution in [0.15, 0.2) is 29.3 Å². The van der Waals surface area contributed by atoms with Gasteiger partial charge in [-0.05, 0) is 38.0 Å². The highest BCUT2D eigenvalue weighted by atomic mass is 32.2. The number of amides is 1. The number of benzene rings is 1. The van der Waals surface area contributed by atoms with E-state index < -0.39 is 0 Å². The molecule has 1 heterocycles. The maximum Gasteiger partial charge on any atom is 0.243 e. The minimum absolute atomic E-state index is 0.0601. The molecule has 0 atom stereocenters. The third-order valence-corrected chi connectivity index (χ3v) is 5.26. The second kappa shape index (κ2) is 8.42. The van der Waals surface area contributed by atoms with Crippen molar-refractivity contribution in [1.29, 1.82) is 0 Å². The van der Waals surface area contributed by atoms with Crippen molar-refractivity contribution >= 4 is 29.3 Å². The van der Waals surface area contributed by atoms with Gasteiger partial charge >= 0.3 is 0 Å². The molecule has 1 aromatic carbocycles. The molecule has 0 spiro atoms. The second-order valence-electron chi connectivity index (χ2n) is 6.53. The first-order chi connectivity index (χ1) is 11.4. The van der Waals surface area contributed by atoms with E-state index in [-0.39, 0.29) is 17.2 Å². The molecule has 0 aliphatic carbocycles. The summed E-state index contributed by atoms with van der Waals surface area (Å²) in [5.74, 6) is 1.81. The van der Waals surface area contributed by atoms with Crippen molar-refractivity contribution in [2.24, 2.45) is 4.99 Å². The molecule has 5 nitrogen and oxygen atoms in total. The van der Waals surface area contributed by atoms with Crippen LogP contribution in [0.2, 0.25) is 0 Å². The molecule has 1 saturated heterocycles. The summed E-state index contributed by atoms with van der Waals surface area (Å²) in [7, 11) is 1.76. The van der Waals surface area contributed by atoms with Crippen LogP contribution in [0, 0.1) is 0 Å². The summed E-state index contributed by atoms with van der Waals surface area (Å²) in [6.45, 7) is 8.68. The van der Waals surface area contributed by atoms with Gasteiger partial charge in [0.15, 0.2) is 5.96 Å². The lowest BCUT2D eigenvalue weighted by atomic mass is 10.1. The highest BCUT2D eigenvalue weighted by Gasteiger charge is 2.28. The summed E-state index contributed by atoms with van der Waals surface area (Å²) in [6, 6.07) is 7.95. The molecule has 1 aliphatic heterocycles. The van der Waals surface area contributed by atoms with Crippen molar-refractivity contribution in [2.45, 2.75) is 31.9 Å². The number of hydrogen-bond donors (Lipinski definition) is 2. The largest absolute Gasteiger partial charge is 0.347 e. The molecule has 0 saturated carbocycles. The molecule has 1 aliphatic rings. The zero-order valence-electron chi connectivity index (χ0n) is 15.1. The van der Waals surface area contributed by atoms with Crippen LogP contribution in [0.4, 0.5) is 5.69 Å². The van der Waals surface area contributed by atoms with Crippen molar-refractivity contribution < 1.29 is 4.79 Å². The van der Waals surface area contributed by atoms with Crippen LogP contribution in [0.1, 0.15) is 26.3 Å². The Labute approximate surface area is 149 Å². The fourth-order valence-corrected chi connectivity index (χ4v) is 3.87. The van der Waals surface area contributed by atoms with Crippen LogP contribution < -0.4 is 10.6 Å². The Balaban J connectivity index is 1.87. The Morgan fingerprint density at radius 2 is 2.21 bits per heavy atom. The highest BCUT2D eigenvalue weighted by Crippen LogP contribution is 2.29. The number of guanidine groups is 1. The van der Waals surface area contributed by atoms with Gasteiger partial charge in [0.1, 0.15) is 0 Å². The highest BCUT2D eigenvalue weighted by molar-refractivity contribution is 8.00. The van der Waals surface area contributed by atoms with Crippen molar-refractivity contribution in [2.75, 3.05) is 37.8 Å². The van der Waals surface area contributed by atoms with Gasteiger partial charge in [-0.1, -0.05) is 19.1 Å². The fraction of sp³-hybridized carbons (Fsp3) is 0.556. The average Bonchev–Trinajstić information content (AvgIpc) is 2.54. The van der Waals surface area contributed by atoms with Crippen LogP contribution in [0.25, 0.3) is 0 Å². The summed E-state index contributed by atoms with van der Waals surface area (Å²) in [6.07, 6.45) is 0.956. The topological polar surface area (TPSA) is 56.7 Å². The Hall–Kier alpha value is -1.69. The molecule has 1 aromatic rings. The maximum atomic E-state index is 12.2. The first-order valence-electron chi connectivity index (χ1n) is 8.42. The minimum atomic E-state index is -0.0601. The van der Waals surface area contributed by atoms with Crippen molar-refractivity contribution in [3.05, 3.63) is 29.8 Å². The SMILES string of the molecule is CCc1cccc(NC(=O)CNC(=NC)N2CCSC(C)(C)C2)c1. The van der Waals surface area contributed by atoms with E-state index in [1.165, 1.54) is 5.56 Å². The second-order valence-corrected chi connectivity index (χ2v) is 8.33. The number of aryl methyl sites for hydroxylation is 1. The Kier molecular flexibility index (Phi) is 6.54. The number of carbonyl (C=O) groups is 1. The normalized spacial score (nSPS) is 17.5. The molecule has 0 radical (unpaired) electrons. The molecule has 0 bridgehead atoms. The van der Waals surface area contributed by atoms with Gasteiger partial charge in [0.25, 0.3) is 0 Å². The molecule has 6 heteroatoms. The Bertz CT molecular complexity index is 600. The van der Waals surface area contributed by atoms with Gasteiger partial charge < -0.3 is 15.5 Å². The number of thioether (sulfide) groups is 1. The summed E-state index contributed by atoms with van der Waals surface area (Å²) < 4.78 is 0.207. The molecule has 0 unspecified atom stereocenters. The number of hydrogen-bond acceptors (Lipinski definition) is 3. The Morgan fingerprint density at radius 1 is 1.42 bits per heavy atom. The van der Waals surface area contributed by atoms with E-state index in [2.05, 4.69) is 47.4 Å². The predicted octanol–water partition coefficient (Wildman–Crippen LogP) is 2.59. The van der Waals surface area contributed by atoms with E-state index in [0.717, 1.165) is 36.9 Å². The van der Waals surface area contributed by atoms with Crippen LogP contribution in [0.5, 0.6) is 0 Å². The lowest BCUT2D eigenvalue weighted by molar-refractivity contribution is -0.115. The standard InChI is InChI=1S/C18H28N4OS/c1-5-14-7-6-8-15(11-14)21-16(23)12-20-17(19-4)22-9-10-24-18(2,3)13-22/h6-8,11H,5,9-10,12-13H2,1-4H3,(H,19,20)(H,21,23). The fourth-order valence-electron chi connectivity index (χ4n) is 2.76. The van der Waals surface area contributed by atoms with Gasteiger partial charge in [0.2, 0.25) is 5.91 Å². The summed E-state index contributed by atoms with van der Waals surface area (Å²) in [5, 5.41) is 6.12. The van der Waals surface area contributed by atoms with E-state index in [9.17, 15) is 4.79 Å². The van der Waals surface area contributed by atoms with Crippen LogP contribution in [-0.4, -0.2) is 53.9 Å². The summed E-state index contributed by atoms with van der Waals surface area (Å²) in [5.41, 5.74) is 2.05. The van der Waals surface area contributed by atoms with Gasteiger partial charge in [-0.15, -0.1) is 0 Å². The molecular formula is C18H28N4OS. The smallest absolute Gasteiger partial charge is 0.243 e. The third-order valence-electron chi connectivity index (χ3n) is 3.96. The lowest BCUT2D eigenvalue weighted by Gasteiger charge is -2.39. The first kappa shape index (κ1) is 18.6. The molecule has 2 rings (SSSR count). The van der Waals surface area contributed by atoms with Crippen LogP contribution >= 0.6 is 11.8 Å². The van der Waals surface area contributed by atoms with Crippen LogP contribution in [-0.2, 0) is 11.2 Å². The van der Waals surface area contributed by atoms with E-state index in [0.29, 0.717) is 0 Å². The van der Waals surface area contributed by atoms with Crippen molar-refractivity contribution in [1.82, 2.24) is 10.2 Å². The van der Waals surface area contributed by atoms with Crippen molar-refractivity contribution in [3.63, 3.8) is 0 Å². The summed E-state index contributed by atoms with van der Waals surface area (Å²) >= 11 is 1.98. The van der Waals surface area contributed by atoms with Gasteiger partial charge in [0, 0.05) is 36.3 Å². The summed E-state index contributed by atoms with van der Waals surface area (Å²) in [4.78, 5) is 18.7. The van der Waals surface area contributed by atoms with Gasteiger partial charge in [0.05, 0.1) is 6.54 Å². The average molecular weight is 349 g/mol. The zero-order valence-corrected chi connectivity index (χ0v) is 15.9. The molecule has 24 heavy (non-hydrogen) atoms. The molecule has 1 fully saturated rings. The quantitative estimate of drug-likeness (QED) is 0.649. The number of anilines is 1. The van der Waals surface area contributed by atoms with Crippen molar-refractivity contribution in [3.8, 4) is 0 Å². The third kappa shape index (κ3) is 5.44. The maximum absolute atomic E-state index is 12.2. The minimum Gasteiger partial charge on any atom is -0.347 e. The van der Waals surface area contributed by atoms with E-state index >= 15 is 0 Å². The first-order valence-corrected chi connectivity index (χ1v) is 9.40. The van der Waals surface area contributed by atoms with Gasteiger partial charge in [-0.25, -0.2) is 0 Å². The molecule has 0 aromatic heterocycles. The van der Waals surface area contributed by atoms with Gasteiger partial charge in [-0.2, -0.15) is 11.8 Å². The number of aliphatic imine (C=N–C) groups is 1. The zero-order chi connectivity index (χ0) is 17.6. The van der Waals surface area contributed by atoms with Gasteiger partial charge in [-0.3, -0.25) is 9.79 Å². The Morgan fingerprint density at radius 3 is 2.88 bits per heavy atom. The molecular weight excluding hydrogens is 320 g/mol. The molecule has 2 N–H and O–H groups in total. The van der Waals surface area contributed by atoms with E-state index in [1.54, 1.807) is 7.05 Å². The van der Waals surface area contributed by atoms with E-state index in [4.69, 9.17) is 0 Å². The number of nitrogens with one attached hydrogen (secondary N) is 2. The number of carbonyl (C=O) groups excluding carboxylic acids is 1. The van der Waals surface area contributed by atoms with Crippen LogP contribution in [0.3, 0.4) is 0 Å². The number of nitrogens with zero attached hydrogens (tertiary/aromatic N) is 2. The van der Waals surface area contributed by atoms with E-state index in [1.807, 2.05) is 30.0 Å². The predicted molar refractivity (Wildman–Crippen MR) is 104 cm³/mol. The monoisotopic (exact) mass is 348 g/mol. The lowest BCUT2D eigenvalue weighted by Crippen LogP contribution is -2.52. The molecule has 1 amide bonds.